The Labute approximate surface area is 172 Å². The molecule has 1 N–H and O–H groups in total. The number of rotatable bonds is 5. The Morgan fingerprint density at radius 1 is 1.10 bits per heavy atom. The van der Waals surface area contributed by atoms with Crippen LogP contribution < -0.4 is 10.1 Å². The third-order valence-corrected chi connectivity index (χ3v) is 5.90. The maximum Gasteiger partial charge on any atom is 0.280 e. The van der Waals surface area contributed by atoms with Gasteiger partial charge in [-0.25, -0.2) is 4.98 Å². The van der Waals surface area contributed by atoms with Gasteiger partial charge in [-0.05, 0) is 56.5 Å². The van der Waals surface area contributed by atoms with Crippen LogP contribution in [0.15, 0.2) is 40.9 Å². The predicted molar refractivity (Wildman–Crippen MR) is 114 cm³/mol. The standard InChI is InChI=1S/C22H21N3O3S/c1-12-7-5-9-17(14(12)3)27-11-16-15(4)28-25-20(16)21(26)24-22-23-19-13(2)8-6-10-18(19)29-22/h5-10H,11H2,1-4H3,(H,23,24,26). The fourth-order valence-corrected chi connectivity index (χ4v) is 4.00. The maximum absolute atomic E-state index is 12.8. The average Bonchev–Trinajstić information content (AvgIpc) is 3.27. The van der Waals surface area contributed by atoms with Crippen LogP contribution in [0.4, 0.5) is 5.13 Å². The van der Waals surface area contributed by atoms with Crippen molar-refractivity contribution in [3.05, 3.63) is 70.1 Å². The van der Waals surface area contributed by atoms with Crippen LogP contribution in [0.1, 0.15) is 38.5 Å². The Hall–Kier alpha value is -3.19. The molecular formula is C22H21N3O3S. The van der Waals surface area contributed by atoms with Gasteiger partial charge >= 0.3 is 0 Å². The average molecular weight is 407 g/mol. The van der Waals surface area contributed by atoms with Gasteiger partial charge in [0, 0.05) is 0 Å². The van der Waals surface area contributed by atoms with Gasteiger partial charge in [0.1, 0.15) is 18.1 Å². The quantitative estimate of drug-likeness (QED) is 0.483. The number of aromatic nitrogens is 2. The topological polar surface area (TPSA) is 77.2 Å². The van der Waals surface area contributed by atoms with Gasteiger partial charge in [0.05, 0.1) is 15.8 Å². The zero-order valence-electron chi connectivity index (χ0n) is 16.7. The van der Waals surface area contributed by atoms with E-state index in [1.165, 1.54) is 11.3 Å². The van der Waals surface area contributed by atoms with Crippen molar-refractivity contribution in [3.8, 4) is 5.75 Å². The summed E-state index contributed by atoms with van der Waals surface area (Å²) in [6.45, 7) is 8.00. The summed E-state index contributed by atoms with van der Waals surface area (Å²) >= 11 is 1.43. The Bertz CT molecular complexity index is 1210. The largest absolute Gasteiger partial charge is 0.488 e. The first-order valence-corrected chi connectivity index (χ1v) is 10.1. The third-order valence-electron chi connectivity index (χ3n) is 4.97. The normalized spacial score (nSPS) is 11.0. The summed E-state index contributed by atoms with van der Waals surface area (Å²) in [4.78, 5) is 17.3. The van der Waals surface area contributed by atoms with E-state index in [1.807, 2.05) is 57.2 Å². The first kappa shape index (κ1) is 19.1. The number of carbonyl (C=O) groups excluding carboxylic acids is 1. The van der Waals surface area contributed by atoms with Crippen molar-refractivity contribution in [2.45, 2.75) is 34.3 Å². The molecule has 6 nitrogen and oxygen atoms in total. The van der Waals surface area contributed by atoms with Crippen molar-refractivity contribution >= 4 is 32.6 Å². The summed E-state index contributed by atoms with van der Waals surface area (Å²) in [5.74, 6) is 0.970. The highest BCUT2D eigenvalue weighted by Gasteiger charge is 2.22. The van der Waals surface area contributed by atoms with E-state index in [9.17, 15) is 4.79 Å². The monoisotopic (exact) mass is 407 g/mol. The molecule has 148 valence electrons. The fourth-order valence-electron chi connectivity index (χ4n) is 3.07. The van der Waals surface area contributed by atoms with E-state index in [0.717, 1.165) is 32.7 Å². The van der Waals surface area contributed by atoms with Crippen molar-refractivity contribution < 1.29 is 14.1 Å². The molecule has 29 heavy (non-hydrogen) atoms. The summed E-state index contributed by atoms with van der Waals surface area (Å²) < 4.78 is 12.2. The molecule has 4 aromatic rings. The minimum atomic E-state index is -0.363. The minimum absolute atomic E-state index is 0.196. The Morgan fingerprint density at radius 3 is 2.66 bits per heavy atom. The number of fused-ring (bicyclic) bond motifs is 1. The van der Waals surface area contributed by atoms with E-state index in [4.69, 9.17) is 9.26 Å². The number of thiazole rings is 1. The molecule has 0 aliphatic carbocycles. The second-order valence-electron chi connectivity index (χ2n) is 6.95. The van der Waals surface area contributed by atoms with Crippen LogP contribution in [0.2, 0.25) is 0 Å². The number of ether oxygens (including phenoxy) is 1. The lowest BCUT2D eigenvalue weighted by molar-refractivity contribution is 0.101. The van der Waals surface area contributed by atoms with E-state index >= 15 is 0 Å². The van der Waals surface area contributed by atoms with Crippen LogP contribution in [0.3, 0.4) is 0 Å². The molecule has 0 saturated carbocycles. The SMILES string of the molecule is Cc1cccc(OCc2c(C(=O)Nc3nc4c(C)cccc4s3)noc2C)c1C. The smallest absolute Gasteiger partial charge is 0.280 e. The number of para-hydroxylation sites is 1. The third kappa shape index (κ3) is 3.73. The van der Waals surface area contributed by atoms with Crippen molar-refractivity contribution in [3.63, 3.8) is 0 Å². The number of benzene rings is 2. The second-order valence-corrected chi connectivity index (χ2v) is 7.98. The van der Waals surface area contributed by atoms with Gasteiger partial charge in [-0.15, -0.1) is 0 Å². The molecule has 0 aliphatic heterocycles. The summed E-state index contributed by atoms with van der Waals surface area (Å²) in [6.07, 6.45) is 0. The number of anilines is 1. The highest BCUT2D eigenvalue weighted by Crippen LogP contribution is 2.29. The van der Waals surface area contributed by atoms with Crippen LogP contribution in [-0.4, -0.2) is 16.0 Å². The number of hydrogen-bond acceptors (Lipinski definition) is 6. The van der Waals surface area contributed by atoms with Gasteiger partial charge < -0.3 is 9.26 Å². The summed E-state index contributed by atoms with van der Waals surface area (Å²) in [5.41, 5.74) is 5.01. The molecule has 7 heteroatoms. The minimum Gasteiger partial charge on any atom is -0.488 e. The van der Waals surface area contributed by atoms with Gasteiger partial charge in [0.25, 0.3) is 5.91 Å². The number of amides is 1. The summed E-state index contributed by atoms with van der Waals surface area (Å²) in [6, 6.07) is 11.8. The molecule has 2 aromatic carbocycles. The zero-order chi connectivity index (χ0) is 20.5. The second kappa shape index (κ2) is 7.67. The van der Waals surface area contributed by atoms with Crippen LogP contribution in [0, 0.1) is 27.7 Å². The molecule has 2 heterocycles. The highest BCUT2D eigenvalue weighted by atomic mass is 32.1. The van der Waals surface area contributed by atoms with E-state index in [-0.39, 0.29) is 18.2 Å². The summed E-state index contributed by atoms with van der Waals surface area (Å²) in [5, 5.41) is 7.31. The van der Waals surface area contributed by atoms with Crippen molar-refractivity contribution in [2.75, 3.05) is 5.32 Å². The highest BCUT2D eigenvalue weighted by molar-refractivity contribution is 7.22. The number of nitrogens with zero attached hydrogens (tertiary/aromatic N) is 2. The van der Waals surface area contributed by atoms with Crippen molar-refractivity contribution in [2.24, 2.45) is 0 Å². The first-order chi connectivity index (χ1) is 13.9. The number of carbonyl (C=O) groups is 1. The van der Waals surface area contributed by atoms with Crippen LogP contribution >= 0.6 is 11.3 Å². The van der Waals surface area contributed by atoms with Crippen LogP contribution in [0.5, 0.6) is 5.75 Å². The lowest BCUT2D eigenvalue weighted by atomic mass is 10.1. The van der Waals surface area contributed by atoms with Crippen LogP contribution in [0.25, 0.3) is 10.2 Å². The predicted octanol–water partition coefficient (Wildman–Crippen LogP) is 5.35. The number of hydrogen-bond donors (Lipinski definition) is 1. The molecule has 4 rings (SSSR count). The molecule has 2 aromatic heterocycles. The van der Waals surface area contributed by atoms with Gasteiger partial charge in [-0.2, -0.15) is 0 Å². The molecule has 0 unspecified atom stereocenters. The number of aryl methyl sites for hydroxylation is 3. The van der Waals surface area contributed by atoms with Gasteiger partial charge in [-0.1, -0.05) is 40.8 Å². The van der Waals surface area contributed by atoms with Crippen LogP contribution in [-0.2, 0) is 6.61 Å². The molecule has 0 atom stereocenters. The lowest BCUT2D eigenvalue weighted by Gasteiger charge is -2.10. The molecule has 0 bridgehead atoms. The molecule has 0 spiro atoms. The fraction of sp³-hybridized carbons (Fsp3) is 0.227. The first-order valence-electron chi connectivity index (χ1n) is 9.25. The van der Waals surface area contributed by atoms with Gasteiger partial charge in [-0.3, -0.25) is 10.1 Å². The van der Waals surface area contributed by atoms with Crippen molar-refractivity contribution in [1.82, 2.24) is 10.1 Å². The molecule has 0 aliphatic rings. The molecule has 0 saturated heterocycles. The zero-order valence-corrected chi connectivity index (χ0v) is 17.5. The maximum atomic E-state index is 12.8. The van der Waals surface area contributed by atoms with E-state index in [1.54, 1.807) is 6.92 Å². The summed E-state index contributed by atoms with van der Waals surface area (Å²) in [7, 11) is 0. The van der Waals surface area contributed by atoms with E-state index in [2.05, 4.69) is 15.5 Å². The molecule has 0 radical (unpaired) electrons. The van der Waals surface area contributed by atoms with Crippen molar-refractivity contribution in [1.29, 1.82) is 0 Å². The number of nitrogens with one attached hydrogen (secondary N) is 1. The van der Waals surface area contributed by atoms with Gasteiger partial charge in [0.15, 0.2) is 10.8 Å². The molecule has 0 fully saturated rings. The Balaban J connectivity index is 1.55. The molecule has 1 amide bonds. The Kier molecular flexibility index (Phi) is 5.07. The molecular weight excluding hydrogens is 386 g/mol. The van der Waals surface area contributed by atoms with Gasteiger partial charge in [0.2, 0.25) is 0 Å². The van der Waals surface area contributed by atoms with E-state index < -0.39 is 0 Å². The Morgan fingerprint density at radius 2 is 1.86 bits per heavy atom. The van der Waals surface area contributed by atoms with E-state index in [0.29, 0.717) is 16.5 Å². The lowest BCUT2D eigenvalue weighted by Crippen LogP contribution is -2.15.